The molecule has 2 N–H and O–H groups in total. The van der Waals surface area contributed by atoms with Crippen molar-refractivity contribution in [2.45, 2.75) is 104 Å². The third-order valence-electron chi connectivity index (χ3n) is 8.30. The molecular weight excluding hydrogens is 478 g/mol. The normalized spacial score (nSPS) is 20.5. The standard InChI is InChI=1S/C31H49N3O4/c1-22(2)29(36)26-11-10-24-15-19-33(20-16-25(24)21-26)18-14-23-8-12-27(13-9-23)32-28(35)7-6-17-34(30(37)38)31(3,4)5/h10-11,21-23,27H,6-9,12-20H2,1-5H3,(H,32,35)(H,37,38). The molecule has 2 amide bonds. The first kappa shape index (κ1) is 30.1. The second kappa shape index (κ2) is 13.6. The summed E-state index contributed by atoms with van der Waals surface area (Å²) >= 11 is 0. The highest BCUT2D eigenvalue weighted by Gasteiger charge is 2.27. The van der Waals surface area contributed by atoms with Crippen molar-refractivity contribution in [2.24, 2.45) is 11.8 Å². The maximum absolute atomic E-state index is 12.4. The van der Waals surface area contributed by atoms with E-state index in [9.17, 15) is 19.5 Å². The summed E-state index contributed by atoms with van der Waals surface area (Å²) in [6, 6.07) is 6.54. The van der Waals surface area contributed by atoms with Crippen LogP contribution in [0.2, 0.25) is 0 Å². The lowest BCUT2D eigenvalue weighted by atomic mass is 9.84. The van der Waals surface area contributed by atoms with Crippen LogP contribution in [0.5, 0.6) is 0 Å². The Morgan fingerprint density at radius 2 is 1.71 bits per heavy atom. The van der Waals surface area contributed by atoms with Crippen LogP contribution in [0.4, 0.5) is 4.79 Å². The van der Waals surface area contributed by atoms with Crippen molar-refractivity contribution < 1.29 is 19.5 Å². The Bertz CT molecular complexity index is 960. The van der Waals surface area contributed by atoms with E-state index in [-0.39, 0.29) is 23.7 Å². The fraction of sp³-hybridized carbons (Fsp3) is 0.710. The van der Waals surface area contributed by atoms with Gasteiger partial charge in [-0.1, -0.05) is 26.0 Å². The molecule has 0 radical (unpaired) electrons. The first-order chi connectivity index (χ1) is 17.9. The predicted molar refractivity (Wildman–Crippen MR) is 152 cm³/mol. The number of amides is 2. The van der Waals surface area contributed by atoms with Gasteiger partial charge in [-0.25, -0.2) is 4.79 Å². The van der Waals surface area contributed by atoms with E-state index >= 15 is 0 Å². The Hall–Kier alpha value is -2.41. The van der Waals surface area contributed by atoms with Gasteiger partial charge in [0.2, 0.25) is 5.91 Å². The summed E-state index contributed by atoms with van der Waals surface area (Å²) in [7, 11) is 0. The highest BCUT2D eigenvalue weighted by molar-refractivity contribution is 5.97. The fourth-order valence-electron chi connectivity index (χ4n) is 5.86. The Morgan fingerprint density at radius 1 is 1.05 bits per heavy atom. The summed E-state index contributed by atoms with van der Waals surface area (Å²) in [6.07, 6.45) is 7.57. The van der Waals surface area contributed by atoms with Crippen molar-refractivity contribution >= 4 is 17.8 Å². The Balaban J connectivity index is 1.34. The molecule has 212 valence electrons. The molecule has 1 heterocycles. The summed E-state index contributed by atoms with van der Waals surface area (Å²) in [5, 5.41) is 12.6. The second-order valence-corrected chi connectivity index (χ2v) is 12.6. The van der Waals surface area contributed by atoms with Gasteiger partial charge in [0.1, 0.15) is 0 Å². The molecule has 3 rings (SSSR count). The number of ketones is 1. The third-order valence-corrected chi connectivity index (χ3v) is 8.30. The van der Waals surface area contributed by atoms with Gasteiger partial charge in [0.25, 0.3) is 0 Å². The van der Waals surface area contributed by atoms with E-state index in [1.165, 1.54) is 22.4 Å². The number of nitrogens with zero attached hydrogens (tertiary/aromatic N) is 2. The van der Waals surface area contributed by atoms with Crippen LogP contribution in [0, 0.1) is 11.8 Å². The first-order valence-electron chi connectivity index (χ1n) is 14.6. The van der Waals surface area contributed by atoms with Gasteiger partial charge in [0, 0.05) is 49.1 Å². The Morgan fingerprint density at radius 3 is 2.32 bits per heavy atom. The summed E-state index contributed by atoms with van der Waals surface area (Å²) in [4.78, 5) is 40.3. The quantitative estimate of drug-likeness (QED) is 0.390. The molecule has 1 aliphatic heterocycles. The number of rotatable bonds is 10. The zero-order valence-electron chi connectivity index (χ0n) is 24.2. The number of nitrogens with one attached hydrogen (secondary N) is 1. The van der Waals surface area contributed by atoms with E-state index < -0.39 is 11.6 Å². The highest BCUT2D eigenvalue weighted by atomic mass is 16.4. The van der Waals surface area contributed by atoms with Gasteiger partial charge in [-0.15, -0.1) is 0 Å². The molecule has 1 aliphatic carbocycles. The van der Waals surface area contributed by atoms with Crippen LogP contribution in [-0.4, -0.2) is 70.4 Å². The maximum atomic E-state index is 12.4. The molecular formula is C31H49N3O4. The molecule has 1 fully saturated rings. The van der Waals surface area contributed by atoms with Crippen LogP contribution in [0.3, 0.4) is 0 Å². The molecule has 0 saturated heterocycles. The van der Waals surface area contributed by atoms with E-state index in [4.69, 9.17) is 0 Å². The van der Waals surface area contributed by atoms with Crippen molar-refractivity contribution in [3.05, 3.63) is 34.9 Å². The number of carboxylic acid groups (broad SMARTS) is 1. The molecule has 7 heteroatoms. The molecule has 1 aromatic rings. The fourth-order valence-corrected chi connectivity index (χ4v) is 5.86. The van der Waals surface area contributed by atoms with E-state index in [0.29, 0.717) is 25.3 Å². The first-order valence-corrected chi connectivity index (χ1v) is 14.6. The van der Waals surface area contributed by atoms with Crippen LogP contribution in [0.15, 0.2) is 18.2 Å². The minimum atomic E-state index is -0.937. The van der Waals surface area contributed by atoms with Crippen LogP contribution in [-0.2, 0) is 17.6 Å². The van der Waals surface area contributed by atoms with Crippen LogP contribution < -0.4 is 5.32 Å². The van der Waals surface area contributed by atoms with Gasteiger partial charge in [-0.3, -0.25) is 9.59 Å². The van der Waals surface area contributed by atoms with E-state index in [0.717, 1.165) is 63.7 Å². The van der Waals surface area contributed by atoms with Crippen molar-refractivity contribution in [2.75, 3.05) is 26.2 Å². The molecule has 38 heavy (non-hydrogen) atoms. The molecule has 1 saturated carbocycles. The summed E-state index contributed by atoms with van der Waals surface area (Å²) in [5.41, 5.74) is 3.11. The number of Topliss-reactive ketones (excluding diaryl/α,β-unsaturated/α-hetero) is 1. The second-order valence-electron chi connectivity index (χ2n) is 12.6. The number of carbonyl (C=O) groups is 3. The maximum Gasteiger partial charge on any atom is 0.407 e. The summed E-state index contributed by atoms with van der Waals surface area (Å²) in [5.74, 6) is 1.00. The van der Waals surface area contributed by atoms with E-state index in [1.807, 2.05) is 40.7 Å². The lowest BCUT2D eigenvalue weighted by Crippen LogP contribution is -2.45. The third kappa shape index (κ3) is 8.82. The van der Waals surface area contributed by atoms with Crippen LogP contribution in [0.1, 0.15) is 101 Å². The van der Waals surface area contributed by atoms with Crippen molar-refractivity contribution in [3.63, 3.8) is 0 Å². The summed E-state index contributed by atoms with van der Waals surface area (Å²) < 4.78 is 0. The molecule has 2 aliphatic rings. The molecule has 0 unspecified atom stereocenters. The van der Waals surface area contributed by atoms with Crippen LogP contribution >= 0.6 is 0 Å². The number of fused-ring (bicyclic) bond motifs is 1. The number of benzene rings is 1. The SMILES string of the molecule is CC(C)C(=O)c1ccc2c(c1)CCN(CCC1CCC(NC(=O)CCCN(C(=O)O)C(C)(C)C)CC1)CC2. The van der Waals surface area contributed by atoms with Crippen molar-refractivity contribution in [1.82, 2.24) is 15.1 Å². The summed E-state index contributed by atoms with van der Waals surface area (Å²) in [6.45, 7) is 13.1. The van der Waals surface area contributed by atoms with Gasteiger partial charge >= 0.3 is 6.09 Å². The lowest BCUT2D eigenvalue weighted by molar-refractivity contribution is -0.122. The molecule has 1 aromatic carbocycles. The molecule has 0 spiro atoms. The van der Waals surface area contributed by atoms with Gasteiger partial charge in [-0.05, 0) is 102 Å². The molecule has 7 nitrogen and oxygen atoms in total. The zero-order chi connectivity index (χ0) is 27.9. The number of hydrogen-bond donors (Lipinski definition) is 2. The molecule has 0 atom stereocenters. The zero-order valence-corrected chi connectivity index (χ0v) is 24.2. The Labute approximate surface area is 229 Å². The largest absolute Gasteiger partial charge is 0.465 e. The Kier molecular flexibility index (Phi) is 10.8. The average molecular weight is 528 g/mol. The van der Waals surface area contributed by atoms with Gasteiger partial charge in [0.05, 0.1) is 0 Å². The average Bonchev–Trinajstić information content (AvgIpc) is 3.06. The number of hydrogen-bond acceptors (Lipinski definition) is 4. The van der Waals surface area contributed by atoms with Gasteiger partial charge in [-0.2, -0.15) is 0 Å². The van der Waals surface area contributed by atoms with Gasteiger partial charge in [0.15, 0.2) is 5.78 Å². The molecule has 0 aromatic heterocycles. The van der Waals surface area contributed by atoms with E-state index in [1.54, 1.807) is 0 Å². The van der Waals surface area contributed by atoms with Crippen molar-refractivity contribution in [1.29, 1.82) is 0 Å². The van der Waals surface area contributed by atoms with E-state index in [2.05, 4.69) is 22.3 Å². The van der Waals surface area contributed by atoms with Crippen LogP contribution in [0.25, 0.3) is 0 Å². The number of carbonyl (C=O) groups excluding carboxylic acids is 2. The topological polar surface area (TPSA) is 90.0 Å². The lowest BCUT2D eigenvalue weighted by Gasteiger charge is -2.33. The van der Waals surface area contributed by atoms with Crippen molar-refractivity contribution in [3.8, 4) is 0 Å². The minimum Gasteiger partial charge on any atom is -0.465 e. The molecule has 0 bridgehead atoms. The minimum absolute atomic E-state index is 0.0296. The smallest absolute Gasteiger partial charge is 0.407 e. The predicted octanol–water partition coefficient (Wildman–Crippen LogP) is 5.55. The van der Waals surface area contributed by atoms with Gasteiger partial charge < -0.3 is 20.2 Å². The highest BCUT2D eigenvalue weighted by Crippen LogP contribution is 2.28. The monoisotopic (exact) mass is 527 g/mol.